The number of aliphatic hydroxyl groups excluding tert-OH is 2. The molecule has 0 amide bonds. The van der Waals surface area contributed by atoms with Gasteiger partial charge in [0, 0.05) is 16.5 Å². The van der Waals surface area contributed by atoms with Gasteiger partial charge in [-0.15, -0.1) is 0 Å². The second-order valence-electron chi connectivity index (χ2n) is 10.5. The molecule has 0 saturated heterocycles. The van der Waals surface area contributed by atoms with Gasteiger partial charge in [-0.1, -0.05) is 67.5 Å². The number of hydrogen-bond acceptors (Lipinski definition) is 4. The molecule has 0 unspecified atom stereocenters. The quantitative estimate of drug-likeness (QED) is 0.582. The fourth-order valence-electron chi connectivity index (χ4n) is 3.66. The van der Waals surface area contributed by atoms with Crippen molar-refractivity contribution in [3.8, 4) is 11.5 Å². The first-order chi connectivity index (χ1) is 13.1. The molecule has 0 heterocycles. The standard InChI is InChI=1S/C25H36O4/c1-23(2,3)19-11-17(9-15(13-26)21(19)28)25(7,8)18-10-16(14-27)22(29)20(12-18)24(4,5)6/h9-12,26-29H,13-14H2,1-8H3. The van der Waals surface area contributed by atoms with Crippen molar-refractivity contribution in [2.75, 3.05) is 0 Å². The lowest BCUT2D eigenvalue weighted by Gasteiger charge is -2.32. The summed E-state index contributed by atoms with van der Waals surface area (Å²) in [5, 5.41) is 40.9. The van der Waals surface area contributed by atoms with Gasteiger partial charge in [-0.2, -0.15) is 0 Å². The van der Waals surface area contributed by atoms with Crippen LogP contribution in [0.3, 0.4) is 0 Å². The van der Waals surface area contributed by atoms with Crippen LogP contribution in [0.4, 0.5) is 0 Å². The Labute approximate surface area is 174 Å². The third-order valence-electron chi connectivity index (χ3n) is 5.78. The third kappa shape index (κ3) is 4.44. The minimum atomic E-state index is -0.477. The predicted molar refractivity (Wildman–Crippen MR) is 118 cm³/mol. The van der Waals surface area contributed by atoms with Crippen molar-refractivity contribution in [1.82, 2.24) is 0 Å². The van der Waals surface area contributed by atoms with Crippen molar-refractivity contribution in [2.45, 2.75) is 84.8 Å². The molecule has 2 aromatic carbocycles. The van der Waals surface area contributed by atoms with Gasteiger partial charge in [-0.05, 0) is 45.2 Å². The molecule has 0 aliphatic rings. The third-order valence-corrected chi connectivity index (χ3v) is 5.78. The maximum Gasteiger partial charge on any atom is 0.124 e. The Kier molecular flexibility index (Phi) is 6.14. The van der Waals surface area contributed by atoms with Crippen LogP contribution < -0.4 is 0 Å². The molecule has 0 bridgehead atoms. The number of rotatable bonds is 4. The highest BCUT2D eigenvalue weighted by Gasteiger charge is 2.31. The van der Waals surface area contributed by atoms with Crippen LogP contribution in [0.1, 0.15) is 88.8 Å². The lowest BCUT2D eigenvalue weighted by molar-refractivity contribution is 0.274. The van der Waals surface area contributed by atoms with Crippen LogP contribution in [0, 0.1) is 0 Å². The number of benzene rings is 2. The highest BCUT2D eigenvalue weighted by Crippen LogP contribution is 2.43. The van der Waals surface area contributed by atoms with Crippen LogP contribution in [-0.4, -0.2) is 20.4 Å². The molecule has 2 rings (SSSR count). The van der Waals surface area contributed by atoms with Gasteiger partial charge in [0.25, 0.3) is 0 Å². The highest BCUT2D eigenvalue weighted by atomic mass is 16.3. The topological polar surface area (TPSA) is 80.9 Å². The van der Waals surface area contributed by atoms with Crippen molar-refractivity contribution >= 4 is 0 Å². The van der Waals surface area contributed by atoms with Crippen molar-refractivity contribution in [3.05, 3.63) is 57.6 Å². The first kappa shape index (κ1) is 23.2. The Balaban J connectivity index is 2.79. The molecule has 29 heavy (non-hydrogen) atoms. The maximum atomic E-state index is 10.6. The van der Waals surface area contributed by atoms with Gasteiger partial charge < -0.3 is 20.4 Å². The fraction of sp³-hybridized carbons (Fsp3) is 0.520. The van der Waals surface area contributed by atoms with E-state index in [1.807, 2.05) is 65.8 Å². The number of hydrogen-bond donors (Lipinski definition) is 4. The van der Waals surface area contributed by atoms with Crippen LogP contribution in [0.2, 0.25) is 0 Å². The molecule has 0 aliphatic heterocycles. The van der Waals surface area contributed by atoms with E-state index in [-0.39, 0.29) is 35.5 Å². The molecule has 0 fully saturated rings. The summed E-state index contributed by atoms with van der Waals surface area (Å²) in [6, 6.07) is 7.67. The maximum absolute atomic E-state index is 10.6. The van der Waals surface area contributed by atoms with Crippen LogP contribution in [-0.2, 0) is 29.5 Å². The molecule has 0 radical (unpaired) electrons. The minimum absolute atomic E-state index is 0.136. The molecule has 2 aromatic rings. The predicted octanol–water partition coefficient (Wildman–Crippen LogP) is 5.00. The zero-order valence-electron chi connectivity index (χ0n) is 19.0. The summed E-state index contributed by atoms with van der Waals surface area (Å²) in [5.41, 5.74) is 3.42. The van der Waals surface area contributed by atoms with Gasteiger partial charge in [0.2, 0.25) is 0 Å². The van der Waals surface area contributed by atoms with Crippen LogP contribution in [0.15, 0.2) is 24.3 Å². The summed E-state index contributed by atoms with van der Waals surface area (Å²) >= 11 is 0. The highest BCUT2D eigenvalue weighted by molar-refractivity contribution is 5.54. The smallest absolute Gasteiger partial charge is 0.124 e. The largest absolute Gasteiger partial charge is 0.507 e. The summed E-state index contributed by atoms with van der Waals surface area (Å²) < 4.78 is 0. The molecule has 160 valence electrons. The first-order valence-corrected chi connectivity index (χ1v) is 10.1. The van der Waals surface area contributed by atoms with Gasteiger partial charge in [0.1, 0.15) is 11.5 Å². The molecule has 0 aliphatic carbocycles. The van der Waals surface area contributed by atoms with E-state index in [1.165, 1.54) is 0 Å². The van der Waals surface area contributed by atoms with Gasteiger partial charge in [0.15, 0.2) is 0 Å². The van der Waals surface area contributed by atoms with Crippen molar-refractivity contribution in [1.29, 1.82) is 0 Å². The Morgan fingerprint density at radius 3 is 1.14 bits per heavy atom. The zero-order valence-corrected chi connectivity index (χ0v) is 19.0. The van der Waals surface area contributed by atoms with Crippen LogP contribution in [0.5, 0.6) is 11.5 Å². The van der Waals surface area contributed by atoms with Gasteiger partial charge in [0.05, 0.1) is 13.2 Å². The van der Waals surface area contributed by atoms with E-state index >= 15 is 0 Å². The summed E-state index contributed by atoms with van der Waals surface area (Å²) in [5.74, 6) is 0.272. The second kappa shape index (κ2) is 7.66. The Bertz CT molecular complexity index is 823. The van der Waals surface area contributed by atoms with E-state index in [2.05, 4.69) is 13.8 Å². The molecule has 0 spiro atoms. The molecular weight excluding hydrogens is 364 g/mol. The van der Waals surface area contributed by atoms with Crippen molar-refractivity contribution in [3.63, 3.8) is 0 Å². The molecule has 4 N–H and O–H groups in total. The van der Waals surface area contributed by atoms with Crippen molar-refractivity contribution < 1.29 is 20.4 Å². The lowest BCUT2D eigenvalue weighted by atomic mass is 9.72. The minimum Gasteiger partial charge on any atom is -0.507 e. The van der Waals surface area contributed by atoms with Crippen LogP contribution in [0.25, 0.3) is 0 Å². The van der Waals surface area contributed by atoms with E-state index in [9.17, 15) is 20.4 Å². The molecule has 4 heteroatoms. The fourth-order valence-corrected chi connectivity index (χ4v) is 3.66. The van der Waals surface area contributed by atoms with Gasteiger partial charge in [-0.25, -0.2) is 0 Å². The van der Waals surface area contributed by atoms with Crippen LogP contribution >= 0.6 is 0 Å². The summed E-state index contributed by atoms with van der Waals surface area (Å²) in [6.45, 7) is 15.8. The average Bonchev–Trinajstić information content (AvgIpc) is 2.59. The molecular formula is C25H36O4. The molecule has 0 atom stereocenters. The molecule has 4 nitrogen and oxygen atoms in total. The van der Waals surface area contributed by atoms with E-state index in [1.54, 1.807) is 0 Å². The summed E-state index contributed by atoms with van der Waals surface area (Å²) in [7, 11) is 0. The molecule has 0 aromatic heterocycles. The first-order valence-electron chi connectivity index (χ1n) is 10.1. The van der Waals surface area contributed by atoms with E-state index in [0.717, 1.165) is 22.3 Å². The Hall–Kier alpha value is -2.04. The Morgan fingerprint density at radius 1 is 0.586 bits per heavy atom. The lowest BCUT2D eigenvalue weighted by Crippen LogP contribution is -2.23. The van der Waals surface area contributed by atoms with Crippen molar-refractivity contribution in [2.24, 2.45) is 0 Å². The molecule has 0 saturated carbocycles. The summed E-state index contributed by atoms with van der Waals surface area (Å²) in [6.07, 6.45) is 0. The van der Waals surface area contributed by atoms with E-state index in [0.29, 0.717) is 11.1 Å². The number of aromatic hydroxyl groups is 2. The number of aliphatic hydroxyl groups is 2. The summed E-state index contributed by atoms with van der Waals surface area (Å²) in [4.78, 5) is 0. The van der Waals surface area contributed by atoms with E-state index < -0.39 is 5.41 Å². The second-order valence-corrected chi connectivity index (χ2v) is 10.5. The monoisotopic (exact) mass is 400 g/mol. The van der Waals surface area contributed by atoms with Gasteiger partial charge in [-0.3, -0.25) is 0 Å². The zero-order chi connectivity index (χ0) is 22.4. The van der Waals surface area contributed by atoms with E-state index in [4.69, 9.17) is 0 Å². The number of phenols is 2. The van der Waals surface area contributed by atoms with Gasteiger partial charge >= 0.3 is 0 Å². The Morgan fingerprint density at radius 2 is 0.897 bits per heavy atom. The average molecular weight is 401 g/mol. The SMILES string of the molecule is CC(C)(C)c1cc(C(C)(C)c2cc(CO)c(O)c(C(C)(C)C)c2)cc(CO)c1O. The normalized spacial score (nSPS) is 13.0.